The molecular formula is C16H16BrN3O2S. The topological polar surface area (TPSA) is 70.6 Å². The lowest BCUT2D eigenvalue weighted by Crippen LogP contribution is -2.18. The number of amides is 2. The molecule has 0 radical (unpaired) electrons. The Kier molecular flexibility index (Phi) is 6.96. The zero-order valence-electron chi connectivity index (χ0n) is 12.3. The van der Waals surface area contributed by atoms with Crippen molar-refractivity contribution in [2.24, 2.45) is 5.10 Å². The molecule has 2 N–H and O–H groups in total. The van der Waals surface area contributed by atoms with E-state index in [1.807, 2.05) is 41.8 Å². The molecule has 2 amide bonds. The summed E-state index contributed by atoms with van der Waals surface area (Å²) >= 11 is 4.91. The van der Waals surface area contributed by atoms with E-state index in [9.17, 15) is 9.59 Å². The molecule has 0 aliphatic heterocycles. The van der Waals surface area contributed by atoms with Crippen LogP contribution < -0.4 is 10.7 Å². The number of nitrogens with zero attached hydrogens (tertiary/aromatic N) is 1. The number of rotatable bonds is 7. The van der Waals surface area contributed by atoms with E-state index < -0.39 is 0 Å². The van der Waals surface area contributed by atoms with Crippen molar-refractivity contribution in [1.82, 2.24) is 5.43 Å². The van der Waals surface area contributed by atoms with Gasteiger partial charge < -0.3 is 5.32 Å². The second kappa shape index (κ2) is 9.22. The number of carbonyl (C=O) groups excluding carboxylic acids is 2. The molecule has 0 fully saturated rings. The Labute approximate surface area is 146 Å². The Hall–Kier alpha value is -1.99. The highest BCUT2D eigenvalue weighted by Crippen LogP contribution is 2.21. The first-order valence-corrected chi connectivity index (χ1v) is 8.72. The molecule has 2 rings (SSSR count). The minimum absolute atomic E-state index is 0.119. The van der Waals surface area contributed by atoms with Crippen molar-refractivity contribution >= 4 is 51.0 Å². The van der Waals surface area contributed by atoms with Crippen LogP contribution in [0.4, 0.5) is 5.69 Å². The molecule has 7 heteroatoms. The fraction of sp³-hybridized carbons (Fsp3) is 0.188. The standard InChI is InChI=1S/C16H16BrN3O2S/c17-13-6-1-2-7-14(13)19-15(21)8-3-9-16(22)20-18-11-12-5-4-10-23-12/h1-2,4-7,10-11H,3,8-9H2,(H,19,21)(H,20,22)/b18-11-. The van der Waals surface area contributed by atoms with E-state index >= 15 is 0 Å². The average molecular weight is 394 g/mol. The second-order valence-electron chi connectivity index (χ2n) is 4.69. The van der Waals surface area contributed by atoms with Crippen LogP contribution in [0.1, 0.15) is 24.1 Å². The molecular weight excluding hydrogens is 378 g/mol. The van der Waals surface area contributed by atoms with Gasteiger partial charge in [0.2, 0.25) is 11.8 Å². The number of hydrazone groups is 1. The largest absolute Gasteiger partial charge is 0.325 e. The van der Waals surface area contributed by atoms with Gasteiger partial charge in [-0.15, -0.1) is 11.3 Å². The van der Waals surface area contributed by atoms with Crippen molar-refractivity contribution in [3.05, 3.63) is 51.1 Å². The summed E-state index contributed by atoms with van der Waals surface area (Å²) < 4.78 is 0.828. The molecule has 1 aromatic heterocycles. The Morgan fingerprint density at radius 1 is 1.13 bits per heavy atom. The molecule has 0 bridgehead atoms. The van der Waals surface area contributed by atoms with E-state index in [4.69, 9.17) is 0 Å². The lowest BCUT2D eigenvalue weighted by Gasteiger charge is -2.06. The zero-order chi connectivity index (χ0) is 16.5. The van der Waals surface area contributed by atoms with Gasteiger partial charge >= 0.3 is 0 Å². The highest BCUT2D eigenvalue weighted by atomic mass is 79.9. The lowest BCUT2D eigenvalue weighted by atomic mass is 10.2. The Morgan fingerprint density at radius 3 is 2.65 bits per heavy atom. The maximum Gasteiger partial charge on any atom is 0.240 e. The van der Waals surface area contributed by atoms with Gasteiger partial charge in [0.05, 0.1) is 11.9 Å². The van der Waals surface area contributed by atoms with Crippen molar-refractivity contribution in [1.29, 1.82) is 0 Å². The first-order chi connectivity index (χ1) is 11.1. The van der Waals surface area contributed by atoms with Gasteiger partial charge in [0.25, 0.3) is 0 Å². The van der Waals surface area contributed by atoms with E-state index in [0.29, 0.717) is 6.42 Å². The number of thiophene rings is 1. The summed E-state index contributed by atoms with van der Waals surface area (Å²) in [5, 5.41) is 8.61. The Bertz CT molecular complexity index is 686. The van der Waals surface area contributed by atoms with E-state index in [0.717, 1.165) is 15.0 Å². The number of anilines is 1. The summed E-state index contributed by atoms with van der Waals surface area (Å²) in [4.78, 5) is 24.4. The fourth-order valence-corrected chi connectivity index (χ4v) is 2.74. The lowest BCUT2D eigenvalue weighted by molar-refractivity contribution is -0.121. The molecule has 5 nitrogen and oxygen atoms in total. The number of hydrogen-bond donors (Lipinski definition) is 2. The van der Waals surface area contributed by atoms with Crippen LogP contribution in [-0.2, 0) is 9.59 Å². The molecule has 0 aliphatic carbocycles. The SMILES string of the molecule is O=C(CCCC(=O)Nc1ccccc1Br)N/N=C\c1cccs1. The highest BCUT2D eigenvalue weighted by Gasteiger charge is 2.06. The normalized spacial score (nSPS) is 10.7. The van der Waals surface area contributed by atoms with Crippen LogP contribution in [0.2, 0.25) is 0 Å². The van der Waals surface area contributed by atoms with Gasteiger partial charge in [-0.3, -0.25) is 9.59 Å². The minimum atomic E-state index is -0.202. The molecule has 0 atom stereocenters. The molecule has 23 heavy (non-hydrogen) atoms. The van der Waals surface area contributed by atoms with E-state index in [-0.39, 0.29) is 24.7 Å². The van der Waals surface area contributed by atoms with Gasteiger partial charge in [-0.2, -0.15) is 5.10 Å². The van der Waals surface area contributed by atoms with Crippen LogP contribution in [0, 0.1) is 0 Å². The van der Waals surface area contributed by atoms with Crippen molar-refractivity contribution in [3.63, 3.8) is 0 Å². The third-order valence-electron chi connectivity index (χ3n) is 2.88. The van der Waals surface area contributed by atoms with Crippen molar-refractivity contribution in [3.8, 4) is 0 Å². The summed E-state index contributed by atoms with van der Waals surface area (Å²) in [6.45, 7) is 0. The average Bonchev–Trinajstić information content (AvgIpc) is 3.03. The Morgan fingerprint density at radius 2 is 1.91 bits per heavy atom. The Balaban J connectivity index is 1.65. The number of halogens is 1. The van der Waals surface area contributed by atoms with Gasteiger partial charge in [0, 0.05) is 22.2 Å². The van der Waals surface area contributed by atoms with Crippen molar-refractivity contribution < 1.29 is 9.59 Å². The van der Waals surface area contributed by atoms with Gasteiger partial charge in [-0.05, 0) is 45.9 Å². The predicted molar refractivity (Wildman–Crippen MR) is 96.7 cm³/mol. The number of carbonyl (C=O) groups is 2. The smallest absolute Gasteiger partial charge is 0.240 e. The molecule has 0 aliphatic rings. The third-order valence-corrected chi connectivity index (χ3v) is 4.38. The molecule has 2 aromatic rings. The number of nitrogens with one attached hydrogen (secondary N) is 2. The molecule has 0 unspecified atom stereocenters. The molecule has 120 valence electrons. The summed E-state index contributed by atoms with van der Waals surface area (Å²) in [5.41, 5.74) is 3.18. The number of para-hydroxylation sites is 1. The van der Waals surface area contributed by atoms with Gasteiger partial charge in [-0.25, -0.2) is 5.43 Å². The summed E-state index contributed by atoms with van der Waals surface area (Å²) in [6, 6.07) is 11.2. The van der Waals surface area contributed by atoms with Crippen LogP contribution in [0.25, 0.3) is 0 Å². The predicted octanol–water partition coefficient (Wildman–Crippen LogP) is 3.77. The monoisotopic (exact) mass is 393 g/mol. The highest BCUT2D eigenvalue weighted by molar-refractivity contribution is 9.10. The van der Waals surface area contributed by atoms with Crippen LogP contribution in [0.5, 0.6) is 0 Å². The molecule has 0 saturated carbocycles. The maximum atomic E-state index is 11.8. The van der Waals surface area contributed by atoms with Crippen LogP contribution in [0.15, 0.2) is 51.4 Å². The fourth-order valence-electron chi connectivity index (χ4n) is 1.77. The number of benzene rings is 1. The third kappa shape index (κ3) is 6.33. The van der Waals surface area contributed by atoms with E-state index in [2.05, 4.69) is 31.8 Å². The van der Waals surface area contributed by atoms with Crippen molar-refractivity contribution in [2.75, 3.05) is 5.32 Å². The van der Waals surface area contributed by atoms with Gasteiger partial charge in [-0.1, -0.05) is 18.2 Å². The summed E-state index contributed by atoms with van der Waals surface area (Å²) in [7, 11) is 0. The minimum Gasteiger partial charge on any atom is -0.325 e. The van der Waals surface area contributed by atoms with E-state index in [1.165, 1.54) is 0 Å². The number of hydrogen-bond acceptors (Lipinski definition) is 4. The van der Waals surface area contributed by atoms with Crippen LogP contribution in [0.3, 0.4) is 0 Å². The zero-order valence-corrected chi connectivity index (χ0v) is 14.7. The van der Waals surface area contributed by atoms with Crippen molar-refractivity contribution in [2.45, 2.75) is 19.3 Å². The summed E-state index contributed by atoms with van der Waals surface area (Å²) in [5.74, 6) is -0.321. The second-order valence-corrected chi connectivity index (χ2v) is 6.52. The molecule has 0 spiro atoms. The molecule has 0 saturated heterocycles. The van der Waals surface area contributed by atoms with Gasteiger partial charge in [0.1, 0.15) is 0 Å². The van der Waals surface area contributed by atoms with E-state index in [1.54, 1.807) is 17.6 Å². The first-order valence-electron chi connectivity index (χ1n) is 7.05. The maximum absolute atomic E-state index is 11.8. The first kappa shape index (κ1) is 17.4. The van der Waals surface area contributed by atoms with Crippen LogP contribution >= 0.6 is 27.3 Å². The summed E-state index contributed by atoms with van der Waals surface area (Å²) in [6.07, 6.45) is 2.60. The quantitative estimate of drug-likeness (QED) is 0.555. The van der Waals surface area contributed by atoms with Crippen LogP contribution in [-0.4, -0.2) is 18.0 Å². The molecule has 1 aromatic carbocycles. The van der Waals surface area contributed by atoms with Gasteiger partial charge in [0.15, 0.2) is 0 Å². The molecule has 1 heterocycles.